The van der Waals surface area contributed by atoms with E-state index < -0.39 is 11.7 Å². The number of halogens is 3. The monoisotopic (exact) mass is 456 g/mol. The standard InChI is InChI=1S/C24H25F3N4.C2H6/c25-24(26,27)18-6-4-5-17(13-18)16-30-19-9-10-29-23(14-19)21-15-20(7-8-22(21)28)31-11-2-1-3-12-31;1-2/h4-10,13-15H,1-3,11-12,16,28H2,(H,29,30);1-2H3. The molecule has 0 amide bonds. The Labute approximate surface area is 193 Å². The normalized spacial score (nSPS) is 13.8. The summed E-state index contributed by atoms with van der Waals surface area (Å²) in [4.78, 5) is 6.83. The molecule has 4 nitrogen and oxygen atoms in total. The molecule has 1 aromatic heterocycles. The molecule has 1 aliphatic heterocycles. The number of rotatable bonds is 5. The molecule has 0 atom stereocenters. The molecule has 1 aliphatic rings. The van der Waals surface area contributed by atoms with E-state index in [-0.39, 0.29) is 6.54 Å². The summed E-state index contributed by atoms with van der Waals surface area (Å²) >= 11 is 0. The zero-order valence-electron chi connectivity index (χ0n) is 19.1. The summed E-state index contributed by atoms with van der Waals surface area (Å²) in [6.45, 7) is 6.35. The van der Waals surface area contributed by atoms with Crippen LogP contribution in [-0.4, -0.2) is 18.1 Å². The average Bonchev–Trinajstić information content (AvgIpc) is 2.85. The molecule has 1 saturated heterocycles. The number of nitrogens with one attached hydrogen (secondary N) is 1. The first-order valence-electron chi connectivity index (χ1n) is 11.4. The van der Waals surface area contributed by atoms with Gasteiger partial charge in [-0.2, -0.15) is 13.2 Å². The largest absolute Gasteiger partial charge is 0.416 e. The Morgan fingerprint density at radius 2 is 1.73 bits per heavy atom. The number of nitrogens with zero attached hydrogens (tertiary/aromatic N) is 2. The van der Waals surface area contributed by atoms with Crippen molar-refractivity contribution in [2.24, 2.45) is 0 Å². The fourth-order valence-electron chi connectivity index (χ4n) is 3.86. The van der Waals surface area contributed by atoms with Crippen molar-refractivity contribution in [1.82, 2.24) is 4.98 Å². The molecule has 33 heavy (non-hydrogen) atoms. The third-order valence-electron chi connectivity index (χ3n) is 5.54. The van der Waals surface area contributed by atoms with Gasteiger partial charge in [-0.05, 0) is 67.3 Å². The van der Waals surface area contributed by atoms with Gasteiger partial charge >= 0.3 is 6.18 Å². The zero-order chi connectivity index (χ0) is 23.8. The SMILES string of the molecule is CC.Nc1ccc(N2CCCCC2)cc1-c1cc(NCc2cccc(C(F)(F)F)c2)ccn1. The van der Waals surface area contributed by atoms with Gasteiger partial charge in [0.2, 0.25) is 0 Å². The average molecular weight is 457 g/mol. The molecule has 0 spiro atoms. The smallest absolute Gasteiger partial charge is 0.398 e. The molecule has 2 heterocycles. The van der Waals surface area contributed by atoms with Crippen LogP contribution in [0.3, 0.4) is 0 Å². The summed E-state index contributed by atoms with van der Waals surface area (Å²) < 4.78 is 38.8. The number of benzene rings is 2. The minimum Gasteiger partial charge on any atom is -0.398 e. The van der Waals surface area contributed by atoms with E-state index in [4.69, 9.17) is 5.73 Å². The van der Waals surface area contributed by atoms with Gasteiger partial charge in [0.15, 0.2) is 0 Å². The minimum atomic E-state index is -4.35. The lowest BCUT2D eigenvalue weighted by atomic mass is 10.0. The van der Waals surface area contributed by atoms with Crippen LogP contribution in [0.5, 0.6) is 0 Å². The molecule has 0 bridgehead atoms. The number of piperidine rings is 1. The molecular weight excluding hydrogens is 425 g/mol. The maximum Gasteiger partial charge on any atom is 0.416 e. The highest BCUT2D eigenvalue weighted by Crippen LogP contribution is 2.32. The van der Waals surface area contributed by atoms with Crippen LogP contribution >= 0.6 is 0 Å². The van der Waals surface area contributed by atoms with Crippen LogP contribution in [0.4, 0.5) is 30.2 Å². The number of nitrogen functional groups attached to an aromatic ring is 1. The molecule has 3 N–H and O–H groups in total. The van der Waals surface area contributed by atoms with Gasteiger partial charge in [0.25, 0.3) is 0 Å². The summed E-state index contributed by atoms with van der Waals surface area (Å²) in [6, 6.07) is 15.0. The highest BCUT2D eigenvalue weighted by molar-refractivity contribution is 5.79. The van der Waals surface area contributed by atoms with Gasteiger partial charge in [0.05, 0.1) is 11.3 Å². The van der Waals surface area contributed by atoms with E-state index in [1.54, 1.807) is 18.3 Å². The molecule has 176 valence electrons. The first kappa shape index (κ1) is 24.4. The second kappa shape index (κ2) is 11.1. The lowest BCUT2D eigenvalue weighted by Gasteiger charge is -2.29. The minimum absolute atomic E-state index is 0.274. The predicted octanol–water partition coefficient (Wildman–Crippen LogP) is 6.98. The maximum atomic E-state index is 12.9. The Kier molecular flexibility index (Phi) is 8.20. The molecule has 3 aromatic rings. The molecular formula is C26H31F3N4. The molecule has 0 unspecified atom stereocenters. The van der Waals surface area contributed by atoms with Crippen molar-refractivity contribution in [3.05, 3.63) is 71.9 Å². The number of pyridine rings is 1. The van der Waals surface area contributed by atoms with Gasteiger partial charge in [0.1, 0.15) is 0 Å². The first-order chi connectivity index (χ1) is 15.9. The number of hydrogen-bond acceptors (Lipinski definition) is 4. The van der Waals surface area contributed by atoms with E-state index in [0.29, 0.717) is 11.3 Å². The number of alkyl halides is 3. The van der Waals surface area contributed by atoms with Crippen LogP contribution < -0.4 is 16.0 Å². The zero-order valence-corrected chi connectivity index (χ0v) is 19.1. The van der Waals surface area contributed by atoms with E-state index in [2.05, 4.69) is 21.3 Å². The van der Waals surface area contributed by atoms with Crippen molar-refractivity contribution in [3.63, 3.8) is 0 Å². The first-order valence-corrected chi connectivity index (χ1v) is 11.4. The van der Waals surface area contributed by atoms with E-state index in [1.807, 2.05) is 32.0 Å². The van der Waals surface area contributed by atoms with Crippen molar-refractivity contribution in [3.8, 4) is 11.3 Å². The third kappa shape index (κ3) is 6.40. The van der Waals surface area contributed by atoms with Crippen LogP contribution in [0, 0.1) is 0 Å². The van der Waals surface area contributed by atoms with Crippen molar-refractivity contribution in [1.29, 1.82) is 0 Å². The third-order valence-corrected chi connectivity index (χ3v) is 5.54. The highest BCUT2D eigenvalue weighted by Gasteiger charge is 2.30. The van der Waals surface area contributed by atoms with E-state index in [1.165, 1.54) is 25.3 Å². The molecule has 7 heteroatoms. The lowest BCUT2D eigenvalue weighted by Crippen LogP contribution is -2.29. The van der Waals surface area contributed by atoms with E-state index in [9.17, 15) is 13.2 Å². The number of anilines is 3. The predicted molar refractivity (Wildman–Crippen MR) is 130 cm³/mol. The fourth-order valence-corrected chi connectivity index (χ4v) is 3.86. The quantitative estimate of drug-likeness (QED) is 0.407. The molecule has 0 radical (unpaired) electrons. The Morgan fingerprint density at radius 3 is 2.45 bits per heavy atom. The molecule has 4 rings (SSSR count). The van der Waals surface area contributed by atoms with Crippen LogP contribution in [0.25, 0.3) is 11.3 Å². The summed E-state index contributed by atoms with van der Waals surface area (Å²) in [6.07, 6.45) is 0.965. The number of nitrogens with two attached hydrogens (primary N) is 1. The Hall–Kier alpha value is -3.22. The van der Waals surface area contributed by atoms with Gasteiger partial charge < -0.3 is 16.0 Å². The van der Waals surface area contributed by atoms with Crippen molar-refractivity contribution in [2.75, 3.05) is 29.0 Å². The van der Waals surface area contributed by atoms with Crippen LogP contribution in [0.1, 0.15) is 44.2 Å². The molecule has 2 aromatic carbocycles. The van der Waals surface area contributed by atoms with Crippen LogP contribution in [-0.2, 0) is 12.7 Å². The molecule has 1 fully saturated rings. The summed E-state index contributed by atoms with van der Waals surface area (Å²) in [7, 11) is 0. The Bertz CT molecular complexity index is 1040. The van der Waals surface area contributed by atoms with Crippen molar-refractivity contribution in [2.45, 2.75) is 45.8 Å². The Balaban J connectivity index is 0.00000149. The summed E-state index contributed by atoms with van der Waals surface area (Å²) in [5.41, 5.74) is 10.3. The fraction of sp³-hybridized carbons (Fsp3) is 0.346. The second-order valence-electron chi connectivity index (χ2n) is 7.80. The van der Waals surface area contributed by atoms with E-state index in [0.717, 1.165) is 47.9 Å². The van der Waals surface area contributed by atoms with Crippen molar-refractivity contribution < 1.29 is 13.2 Å². The van der Waals surface area contributed by atoms with Gasteiger partial charge in [-0.25, -0.2) is 0 Å². The number of hydrogen-bond donors (Lipinski definition) is 2. The van der Waals surface area contributed by atoms with Gasteiger partial charge in [-0.3, -0.25) is 4.98 Å². The van der Waals surface area contributed by atoms with Crippen molar-refractivity contribution >= 4 is 17.1 Å². The topological polar surface area (TPSA) is 54.2 Å². The number of aromatic nitrogens is 1. The molecule has 0 aliphatic carbocycles. The summed E-state index contributed by atoms with van der Waals surface area (Å²) in [5, 5.41) is 3.19. The van der Waals surface area contributed by atoms with Crippen LogP contribution in [0.15, 0.2) is 60.8 Å². The van der Waals surface area contributed by atoms with Crippen LogP contribution in [0.2, 0.25) is 0 Å². The summed E-state index contributed by atoms with van der Waals surface area (Å²) in [5.74, 6) is 0. The van der Waals surface area contributed by atoms with Gasteiger partial charge in [0, 0.05) is 48.5 Å². The maximum absolute atomic E-state index is 12.9. The highest BCUT2D eigenvalue weighted by atomic mass is 19.4. The van der Waals surface area contributed by atoms with Gasteiger partial charge in [-0.15, -0.1) is 0 Å². The second-order valence-corrected chi connectivity index (χ2v) is 7.80. The lowest BCUT2D eigenvalue weighted by molar-refractivity contribution is -0.137. The molecule has 0 saturated carbocycles. The van der Waals surface area contributed by atoms with E-state index >= 15 is 0 Å². The Morgan fingerprint density at radius 1 is 0.970 bits per heavy atom. The van der Waals surface area contributed by atoms with Gasteiger partial charge in [-0.1, -0.05) is 26.0 Å².